The van der Waals surface area contributed by atoms with Crippen LogP contribution in [0.25, 0.3) is 10.9 Å². The minimum Gasteiger partial charge on any atom is -0.494 e. The molecule has 0 amide bonds. The number of methoxy groups -OCH3 is 1. The molecule has 3 rings (SSSR count). The van der Waals surface area contributed by atoms with Crippen molar-refractivity contribution in [1.82, 2.24) is 9.97 Å². The third-order valence-electron chi connectivity index (χ3n) is 3.36. The molecule has 0 aliphatic heterocycles. The van der Waals surface area contributed by atoms with Gasteiger partial charge in [0.2, 0.25) is 0 Å². The Labute approximate surface area is 123 Å². The molecule has 4 nitrogen and oxygen atoms in total. The fraction of sp³-hybridized carbons (Fsp3) is 0.176. The van der Waals surface area contributed by atoms with Gasteiger partial charge in [-0.1, -0.05) is 18.2 Å². The molecule has 0 aliphatic carbocycles. The monoisotopic (exact) mass is 279 g/mol. The van der Waals surface area contributed by atoms with Crippen LogP contribution in [0.3, 0.4) is 0 Å². The van der Waals surface area contributed by atoms with Gasteiger partial charge in [-0.05, 0) is 30.7 Å². The van der Waals surface area contributed by atoms with E-state index in [1.165, 1.54) is 0 Å². The molecule has 2 aromatic heterocycles. The number of hydrogen-bond acceptors (Lipinski definition) is 4. The molecule has 0 saturated carbocycles. The first-order chi connectivity index (χ1) is 10.3. The second kappa shape index (κ2) is 5.79. The van der Waals surface area contributed by atoms with Gasteiger partial charge in [0.1, 0.15) is 11.3 Å². The molecule has 3 aromatic rings. The maximum atomic E-state index is 5.40. The van der Waals surface area contributed by atoms with Crippen LogP contribution < -0.4 is 10.1 Å². The van der Waals surface area contributed by atoms with E-state index < -0.39 is 0 Å². The lowest BCUT2D eigenvalue weighted by Crippen LogP contribution is -2.02. The number of nitrogens with zero attached hydrogens (tertiary/aromatic N) is 2. The summed E-state index contributed by atoms with van der Waals surface area (Å²) < 4.78 is 5.40. The fourth-order valence-electron chi connectivity index (χ4n) is 2.36. The van der Waals surface area contributed by atoms with Crippen molar-refractivity contribution in [3.05, 3.63) is 60.0 Å². The van der Waals surface area contributed by atoms with Gasteiger partial charge in [0, 0.05) is 35.7 Å². The van der Waals surface area contributed by atoms with Crippen molar-refractivity contribution in [3.63, 3.8) is 0 Å². The molecular weight excluding hydrogens is 262 g/mol. The van der Waals surface area contributed by atoms with E-state index in [1.807, 2.05) is 31.3 Å². The summed E-state index contributed by atoms with van der Waals surface area (Å²) in [5.41, 5.74) is 4.04. The number of anilines is 1. The summed E-state index contributed by atoms with van der Waals surface area (Å²) in [5, 5.41) is 4.52. The van der Waals surface area contributed by atoms with Gasteiger partial charge in [-0.2, -0.15) is 0 Å². The Morgan fingerprint density at radius 3 is 2.86 bits per heavy atom. The average Bonchev–Trinajstić information content (AvgIpc) is 2.53. The molecule has 0 radical (unpaired) electrons. The van der Waals surface area contributed by atoms with Crippen LogP contribution in [-0.2, 0) is 6.54 Å². The normalized spacial score (nSPS) is 10.6. The molecule has 0 spiro atoms. The lowest BCUT2D eigenvalue weighted by molar-refractivity contribution is 0.419. The van der Waals surface area contributed by atoms with Crippen molar-refractivity contribution in [2.45, 2.75) is 13.5 Å². The number of pyridine rings is 2. The largest absolute Gasteiger partial charge is 0.494 e. The minimum absolute atomic E-state index is 0.726. The third-order valence-corrected chi connectivity index (χ3v) is 3.36. The molecule has 2 heterocycles. The average molecular weight is 279 g/mol. The van der Waals surface area contributed by atoms with Gasteiger partial charge in [-0.15, -0.1) is 0 Å². The van der Waals surface area contributed by atoms with Crippen molar-refractivity contribution in [2.24, 2.45) is 0 Å². The highest BCUT2D eigenvalue weighted by molar-refractivity contribution is 5.95. The predicted octanol–water partition coefficient (Wildman–Crippen LogP) is 3.56. The molecule has 1 N–H and O–H groups in total. The third kappa shape index (κ3) is 2.79. The maximum absolute atomic E-state index is 5.40. The SMILES string of the molecule is COc1cccc2c(NCc3cccnc3)cc(C)nc12. The predicted molar refractivity (Wildman–Crippen MR) is 84.6 cm³/mol. The van der Waals surface area contributed by atoms with Crippen molar-refractivity contribution < 1.29 is 4.74 Å². The van der Waals surface area contributed by atoms with E-state index in [-0.39, 0.29) is 0 Å². The van der Waals surface area contributed by atoms with E-state index in [0.717, 1.165) is 40.1 Å². The summed E-state index contributed by atoms with van der Waals surface area (Å²) in [6.45, 7) is 2.71. The number of para-hydroxylation sites is 1. The van der Waals surface area contributed by atoms with Gasteiger partial charge >= 0.3 is 0 Å². The summed E-state index contributed by atoms with van der Waals surface area (Å²) >= 11 is 0. The molecule has 0 aliphatic rings. The number of benzene rings is 1. The Morgan fingerprint density at radius 1 is 1.19 bits per heavy atom. The van der Waals surface area contributed by atoms with Crippen LogP contribution in [0.5, 0.6) is 5.75 Å². The quantitative estimate of drug-likeness (QED) is 0.793. The van der Waals surface area contributed by atoms with E-state index in [2.05, 4.69) is 33.5 Å². The van der Waals surface area contributed by atoms with E-state index in [4.69, 9.17) is 4.74 Å². The van der Waals surface area contributed by atoms with Gasteiger partial charge in [-0.3, -0.25) is 4.98 Å². The molecule has 0 bridgehead atoms. The first-order valence-electron chi connectivity index (χ1n) is 6.85. The Bertz CT molecular complexity index is 757. The first-order valence-corrected chi connectivity index (χ1v) is 6.85. The minimum atomic E-state index is 0.726. The van der Waals surface area contributed by atoms with E-state index >= 15 is 0 Å². The number of aromatic nitrogens is 2. The van der Waals surface area contributed by atoms with Crippen LogP contribution in [0.2, 0.25) is 0 Å². The molecule has 21 heavy (non-hydrogen) atoms. The van der Waals surface area contributed by atoms with E-state index in [9.17, 15) is 0 Å². The van der Waals surface area contributed by atoms with Crippen LogP contribution in [0.4, 0.5) is 5.69 Å². The second-order valence-corrected chi connectivity index (χ2v) is 4.88. The number of fused-ring (bicyclic) bond motifs is 1. The van der Waals surface area contributed by atoms with Crippen molar-refractivity contribution in [1.29, 1.82) is 0 Å². The molecule has 4 heteroatoms. The van der Waals surface area contributed by atoms with Crippen LogP contribution >= 0.6 is 0 Å². The zero-order chi connectivity index (χ0) is 14.7. The highest BCUT2D eigenvalue weighted by atomic mass is 16.5. The van der Waals surface area contributed by atoms with Crippen LogP contribution in [0.1, 0.15) is 11.3 Å². The van der Waals surface area contributed by atoms with Crippen LogP contribution in [-0.4, -0.2) is 17.1 Å². The Balaban J connectivity index is 1.98. The van der Waals surface area contributed by atoms with Gasteiger partial charge in [0.05, 0.1) is 7.11 Å². The molecule has 0 fully saturated rings. The van der Waals surface area contributed by atoms with Gasteiger partial charge in [0.15, 0.2) is 0 Å². The maximum Gasteiger partial charge on any atom is 0.145 e. The number of aryl methyl sites for hydroxylation is 1. The Morgan fingerprint density at radius 2 is 2.10 bits per heavy atom. The van der Waals surface area contributed by atoms with Crippen molar-refractivity contribution >= 4 is 16.6 Å². The van der Waals surface area contributed by atoms with Gasteiger partial charge in [-0.25, -0.2) is 4.98 Å². The molecule has 0 atom stereocenters. The first kappa shape index (κ1) is 13.4. The number of nitrogens with one attached hydrogen (secondary N) is 1. The van der Waals surface area contributed by atoms with E-state index in [1.54, 1.807) is 13.3 Å². The lowest BCUT2D eigenvalue weighted by Gasteiger charge is -2.12. The zero-order valence-corrected chi connectivity index (χ0v) is 12.1. The lowest BCUT2D eigenvalue weighted by atomic mass is 10.1. The van der Waals surface area contributed by atoms with Crippen LogP contribution in [0, 0.1) is 6.92 Å². The topological polar surface area (TPSA) is 47.0 Å². The summed E-state index contributed by atoms with van der Waals surface area (Å²) in [6, 6.07) is 12.0. The molecule has 0 saturated heterocycles. The summed E-state index contributed by atoms with van der Waals surface area (Å²) in [7, 11) is 1.67. The zero-order valence-electron chi connectivity index (χ0n) is 12.1. The summed E-state index contributed by atoms with van der Waals surface area (Å²) in [6.07, 6.45) is 3.64. The van der Waals surface area contributed by atoms with Gasteiger partial charge < -0.3 is 10.1 Å². The fourth-order valence-corrected chi connectivity index (χ4v) is 2.36. The Hall–Kier alpha value is -2.62. The standard InChI is InChI=1S/C17H17N3O/c1-12-9-15(19-11-13-5-4-8-18-10-13)14-6-3-7-16(21-2)17(14)20-12/h3-10H,11H2,1-2H3,(H,19,20). The van der Waals surface area contributed by atoms with E-state index in [0.29, 0.717) is 0 Å². The summed E-state index contributed by atoms with van der Waals surface area (Å²) in [5.74, 6) is 0.792. The van der Waals surface area contributed by atoms with Crippen molar-refractivity contribution in [3.8, 4) is 5.75 Å². The number of hydrogen-bond donors (Lipinski definition) is 1. The highest BCUT2D eigenvalue weighted by Gasteiger charge is 2.08. The highest BCUT2D eigenvalue weighted by Crippen LogP contribution is 2.30. The number of rotatable bonds is 4. The van der Waals surface area contributed by atoms with Gasteiger partial charge in [0.25, 0.3) is 0 Å². The molecule has 1 aromatic carbocycles. The Kier molecular flexibility index (Phi) is 3.69. The molecule has 0 unspecified atom stereocenters. The van der Waals surface area contributed by atoms with Crippen molar-refractivity contribution in [2.75, 3.05) is 12.4 Å². The smallest absolute Gasteiger partial charge is 0.145 e. The molecular formula is C17H17N3O. The second-order valence-electron chi connectivity index (χ2n) is 4.88. The van der Waals surface area contributed by atoms with Crippen LogP contribution in [0.15, 0.2) is 48.8 Å². The summed E-state index contributed by atoms with van der Waals surface area (Å²) in [4.78, 5) is 8.72. The number of ether oxygens (including phenoxy) is 1. The molecule has 106 valence electrons.